The van der Waals surface area contributed by atoms with Gasteiger partial charge >= 0.3 is 0 Å². The van der Waals surface area contributed by atoms with Crippen molar-refractivity contribution in [2.24, 2.45) is 5.73 Å². The minimum atomic E-state index is 0.411. The molecule has 0 saturated heterocycles. The number of hydrogen-bond donors (Lipinski definition) is 2. The van der Waals surface area contributed by atoms with E-state index in [1.165, 1.54) is 25.7 Å². The van der Waals surface area contributed by atoms with Crippen molar-refractivity contribution in [3.8, 4) is 0 Å². The van der Waals surface area contributed by atoms with Gasteiger partial charge in [0.2, 0.25) is 0 Å². The average Bonchev–Trinajstić information content (AvgIpc) is 2.93. The van der Waals surface area contributed by atoms with Gasteiger partial charge in [-0.3, -0.25) is 0 Å². The summed E-state index contributed by atoms with van der Waals surface area (Å²) in [5.41, 5.74) is 6.47. The first-order valence-corrected chi connectivity index (χ1v) is 7.27. The molecular formula is C14H22N4S. The lowest BCUT2D eigenvalue weighted by molar-refractivity contribution is 0.254. The first-order chi connectivity index (χ1) is 9.16. The fourth-order valence-corrected chi connectivity index (χ4v) is 2.70. The normalized spacial score (nSPS) is 15.9. The Morgan fingerprint density at radius 1 is 1.53 bits per heavy atom. The van der Waals surface area contributed by atoms with E-state index in [4.69, 9.17) is 18.0 Å². The Morgan fingerprint density at radius 2 is 2.26 bits per heavy atom. The summed E-state index contributed by atoms with van der Waals surface area (Å²) in [6.07, 6.45) is 7.16. The van der Waals surface area contributed by atoms with Crippen LogP contribution in [0.25, 0.3) is 0 Å². The first-order valence-electron chi connectivity index (χ1n) is 6.87. The van der Waals surface area contributed by atoms with E-state index in [-0.39, 0.29) is 0 Å². The number of pyridine rings is 1. The maximum atomic E-state index is 5.61. The van der Waals surface area contributed by atoms with Crippen molar-refractivity contribution in [2.75, 3.05) is 25.5 Å². The van der Waals surface area contributed by atoms with E-state index in [0.29, 0.717) is 4.99 Å². The smallest absolute Gasteiger partial charge is 0.126 e. The van der Waals surface area contributed by atoms with Crippen molar-refractivity contribution >= 4 is 23.0 Å². The van der Waals surface area contributed by atoms with E-state index < -0.39 is 0 Å². The molecule has 5 heteroatoms. The second-order valence-electron chi connectivity index (χ2n) is 5.14. The van der Waals surface area contributed by atoms with Crippen LogP contribution in [0.3, 0.4) is 0 Å². The Hall–Kier alpha value is -1.20. The van der Waals surface area contributed by atoms with Gasteiger partial charge in [-0.15, -0.1) is 0 Å². The molecule has 1 aliphatic rings. The van der Waals surface area contributed by atoms with Crippen molar-refractivity contribution in [3.63, 3.8) is 0 Å². The third-order valence-corrected chi connectivity index (χ3v) is 4.00. The van der Waals surface area contributed by atoms with Gasteiger partial charge in [0.1, 0.15) is 10.8 Å². The van der Waals surface area contributed by atoms with E-state index in [1.807, 2.05) is 12.1 Å². The third-order valence-electron chi connectivity index (χ3n) is 3.76. The summed E-state index contributed by atoms with van der Waals surface area (Å²) in [7, 11) is 2.20. The maximum absolute atomic E-state index is 5.61. The second-order valence-corrected chi connectivity index (χ2v) is 5.58. The number of hydrogen-bond acceptors (Lipinski definition) is 4. The zero-order valence-corrected chi connectivity index (χ0v) is 12.2. The van der Waals surface area contributed by atoms with Gasteiger partial charge in [-0.25, -0.2) is 4.98 Å². The van der Waals surface area contributed by atoms with Gasteiger partial charge in [0.25, 0.3) is 0 Å². The molecule has 1 aromatic rings. The monoisotopic (exact) mass is 278 g/mol. The van der Waals surface area contributed by atoms with E-state index in [0.717, 1.165) is 30.5 Å². The lowest BCUT2D eigenvalue weighted by Crippen LogP contribution is -2.33. The lowest BCUT2D eigenvalue weighted by atomic mass is 10.2. The van der Waals surface area contributed by atoms with Crippen LogP contribution in [0.5, 0.6) is 0 Å². The molecule has 4 nitrogen and oxygen atoms in total. The van der Waals surface area contributed by atoms with Gasteiger partial charge in [0.05, 0.1) is 0 Å². The maximum Gasteiger partial charge on any atom is 0.126 e. The molecule has 0 spiro atoms. The molecule has 2 rings (SSSR count). The molecule has 0 unspecified atom stereocenters. The summed E-state index contributed by atoms with van der Waals surface area (Å²) in [5, 5.41) is 3.33. The number of anilines is 1. The van der Waals surface area contributed by atoms with Crippen LogP contribution in [0, 0.1) is 0 Å². The van der Waals surface area contributed by atoms with Crippen molar-refractivity contribution in [2.45, 2.75) is 31.7 Å². The predicted octanol–water partition coefficient (Wildman–Crippen LogP) is 2.00. The van der Waals surface area contributed by atoms with E-state index in [9.17, 15) is 0 Å². The summed E-state index contributed by atoms with van der Waals surface area (Å²) in [4.78, 5) is 7.12. The van der Waals surface area contributed by atoms with Crippen molar-refractivity contribution in [3.05, 3.63) is 23.9 Å². The van der Waals surface area contributed by atoms with Crippen molar-refractivity contribution in [1.82, 2.24) is 9.88 Å². The van der Waals surface area contributed by atoms with Crippen LogP contribution in [0.4, 0.5) is 5.82 Å². The molecule has 0 bridgehead atoms. The highest BCUT2D eigenvalue weighted by molar-refractivity contribution is 7.80. The highest BCUT2D eigenvalue weighted by atomic mass is 32.1. The molecule has 19 heavy (non-hydrogen) atoms. The Bertz CT molecular complexity index is 429. The standard InChI is InChI=1S/C14H22N4S/c1-18(12-4-2-3-5-12)9-8-17-13-10-11(14(15)19)6-7-16-13/h6-7,10,12H,2-5,8-9H2,1H3,(H2,15,19)(H,16,17). The number of aromatic nitrogens is 1. The summed E-state index contributed by atoms with van der Waals surface area (Å²) in [6, 6.07) is 4.49. The third kappa shape index (κ3) is 4.14. The van der Waals surface area contributed by atoms with Crippen LogP contribution in [0.2, 0.25) is 0 Å². The highest BCUT2D eigenvalue weighted by Gasteiger charge is 2.18. The van der Waals surface area contributed by atoms with Crippen LogP contribution in [0.15, 0.2) is 18.3 Å². The number of nitrogens with two attached hydrogens (primary N) is 1. The van der Waals surface area contributed by atoms with Crippen molar-refractivity contribution < 1.29 is 0 Å². The minimum Gasteiger partial charge on any atom is -0.389 e. The molecule has 0 atom stereocenters. The molecule has 0 aromatic carbocycles. The second kappa shape index (κ2) is 6.82. The molecule has 1 fully saturated rings. The Morgan fingerprint density at radius 3 is 2.95 bits per heavy atom. The molecule has 1 heterocycles. The van der Waals surface area contributed by atoms with Gasteiger partial charge in [0, 0.05) is 30.9 Å². The Kier molecular flexibility index (Phi) is 5.10. The Labute approximate surface area is 120 Å². The zero-order chi connectivity index (χ0) is 13.7. The average molecular weight is 278 g/mol. The molecule has 0 amide bonds. The number of rotatable bonds is 6. The highest BCUT2D eigenvalue weighted by Crippen LogP contribution is 2.21. The fraction of sp³-hybridized carbons (Fsp3) is 0.571. The number of thiocarbonyl (C=S) groups is 1. The van der Waals surface area contributed by atoms with Crippen LogP contribution >= 0.6 is 12.2 Å². The molecule has 1 aliphatic carbocycles. The van der Waals surface area contributed by atoms with Gasteiger partial charge in [0.15, 0.2) is 0 Å². The van der Waals surface area contributed by atoms with Gasteiger partial charge < -0.3 is 16.0 Å². The fourth-order valence-electron chi connectivity index (χ4n) is 2.57. The molecule has 0 aliphatic heterocycles. The summed E-state index contributed by atoms with van der Waals surface area (Å²) in [5.74, 6) is 0.838. The van der Waals surface area contributed by atoms with Gasteiger partial charge in [-0.1, -0.05) is 25.1 Å². The largest absolute Gasteiger partial charge is 0.389 e. The van der Waals surface area contributed by atoms with E-state index in [2.05, 4.69) is 22.2 Å². The van der Waals surface area contributed by atoms with Crippen LogP contribution in [-0.2, 0) is 0 Å². The number of likely N-dealkylation sites (N-methyl/N-ethyl adjacent to an activating group) is 1. The topological polar surface area (TPSA) is 54.2 Å². The van der Waals surface area contributed by atoms with Crippen LogP contribution in [0.1, 0.15) is 31.2 Å². The summed E-state index contributed by atoms with van der Waals surface area (Å²) >= 11 is 4.96. The van der Waals surface area contributed by atoms with E-state index >= 15 is 0 Å². The van der Waals surface area contributed by atoms with Crippen molar-refractivity contribution in [1.29, 1.82) is 0 Å². The summed E-state index contributed by atoms with van der Waals surface area (Å²) < 4.78 is 0. The van der Waals surface area contributed by atoms with Crippen LogP contribution in [-0.4, -0.2) is 41.1 Å². The first kappa shape index (κ1) is 14.2. The van der Waals surface area contributed by atoms with Gasteiger partial charge in [-0.05, 0) is 32.0 Å². The molecule has 104 valence electrons. The lowest BCUT2D eigenvalue weighted by Gasteiger charge is -2.24. The quantitative estimate of drug-likeness (QED) is 0.780. The molecule has 1 aromatic heterocycles. The molecule has 3 N–H and O–H groups in total. The Balaban J connectivity index is 1.78. The predicted molar refractivity (Wildman–Crippen MR) is 83.5 cm³/mol. The zero-order valence-electron chi connectivity index (χ0n) is 11.4. The van der Waals surface area contributed by atoms with E-state index in [1.54, 1.807) is 6.20 Å². The molecular weight excluding hydrogens is 256 g/mol. The molecule has 1 saturated carbocycles. The number of nitrogens with one attached hydrogen (secondary N) is 1. The van der Waals surface area contributed by atoms with Crippen LogP contribution < -0.4 is 11.1 Å². The minimum absolute atomic E-state index is 0.411. The summed E-state index contributed by atoms with van der Waals surface area (Å²) in [6.45, 7) is 1.92. The SMILES string of the molecule is CN(CCNc1cc(C(N)=S)ccn1)C1CCCC1. The number of nitrogens with zero attached hydrogens (tertiary/aromatic N) is 2. The molecule has 0 radical (unpaired) electrons. The van der Waals surface area contributed by atoms with Gasteiger partial charge in [-0.2, -0.15) is 0 Å².